The van der Waals surface area contributed by atoms with E-state index < -0.39 is 0 Å². The van der Waals surface area contributed by atoms with Gasteiger partial charge in [-0.05, 0) is 30.0 Å². The third-order valence-corrected chi connectivity index (χ3v) is 4.22. The fourth-order valence-corrected chi connectivity index (χ4v) is 2.89. The van der Waals surface area contributed by atoms with Crippen LogP contribution in [-0.2, 0) is 0 Å². The number of rotatable bonds is 3. The van der Waals surface area contributed by atoms with E-state index in [9.17, 15) is 0 Å². The molecule has 5 nitrogen and oxygen atoms in total. The molecule has 0 atom stereocenters. The molecule has 7 heteroatoms. The third kappa shape index (κ3) is 2.66. The normalized spacial score (nSPS) is 10.5. The number of halogens is 1. The molecule has 0 saturated carbocycles. The Morgan fingerprint density at radius 1 is 1.38 bits per heavy atom. The molecule has 1 N–H and O–H groups in total. The summed E-state index contributed by atoms with van der Waals surface area (Å²) in [5.74, 6) is 0.755. The molecule has 0 amide bonds. The number of aromatic amines is 1. The van der Waals surface area contributed by atoms with E-state index in [0.29, 0.717) is 20.8 Å². The molecule has 3 rings (SSSR count). The van der Waals surface area contributed by atoms with Gasteiger partial charge >= 0.3 is 0 Å². The smallest absolute Gasteiger partial charge is 0.172 e. The molecule has 0 bridgehead atoms. The molecule has 0 spiro atoms. The number of hydrogen-bond donors (Lipinski definition) is 1. The fourth-order valence-electron chi connectivity index (χ4n) is 1.81. The molecule has 21 heavy (non-hydrogen) atoms. The van der Waals surface area contributed by atoms with Crippen molar-refractivity contribution in [2.75, 3.05) is 7.11 Å². The first-order valence-corrected chi connectivity index (χ1v) is 7.17. The summed E-state index contributed by atoms with van der Waals surface area (Å²) >= 11 is 7.42. The van der Waals surface area contributed by atoms with E-state index in [2.05, 4.69) is 15.0 Å². The molecular formula is C14H9ClN4OS. The van der Waals surface area contributed by atoms with Gasteiger partial charge in [-0.15, -0.1) is 0 Å². The van der Waals surface area contributed by atoms with Crippen LogP contribution in [0.25, 0.3) is 11.0 Å². The van der Waals surface area contributed by atoms with Crippen molar-refractivity contribution in [3.05, 3.63) is 41.0 Å². The zero-order chi connectivity index (χ0) is 14.8. The van der Waals surface area contributed by atoms with Crippen molar-refractivity contribution >= 4 is 34.4 Å². The van der Waals surface area contributed by atoms with Crippen LogP contribution in [0.5, 0.6) is 5.75 Å². The molecule has 1 aromatic carbocycles. The third-order valence-electron chi connectivity index (χ3n) is 2.84. The monoisotopic (exact) mass is 316 g/mol. The van der Waals surface area contributed by atoms with Gasteiger partial charge in [0.05, 0.1) is 28.7 Å². The molecular weight excluding hydrogens is 308 g/mol. The Hall–Kier alpha value is -2.23. The molecule has 3 aromatic rings. The summed E-state index contributed by atoms with van der Waals surface area (Å²) in [5.41, 5.74) is 2.09. The summed E-state index contributed by atoms with van der Waals surface area (Å²) in [6, 6.07) is 9.19. The summed E-state index contributed by atoms with van der Waals surface area (Å²) < 4.78 is 5.18. The van der Waals surface area contributed by atoms with E-state index in [1.165, 1.54) is 11.8 Å². The van der Waals surface area contributed by atoms with Gasteiger partial charge in [0.15, 0.2) is 5.16 Å². The number of H-pyrrole nitrogens is 1. The Bertz CT molecular complexity index is 856. The maximum absolute atomic E-state index is 8.97. The Balaban J connectivity index is 1.97. The van der Waals surface area contributed by atoms with Gasteiger partial charge in [-0.1, -0.05) is 11.6 Å². The maximum Gasteiger partial charge on any atom is 0.172 e. The number of nitriles is 1. The Labute approximate surface area is 129 Å². The summed E-state index contributed by atoms with van der Waals surface area (Å²) in [6.45, 7) is 0. The van der Waals surface area contributed by atoms with Crippen LogP contribution in [0.4, 0.5) is 0 Å². The number of nitrogens with zero attached hydrogens (tertiary/aromatic N) is 3. The predicted octanol–water partition coefficient (Wildman–Crippen LogP) is 3.64. The molecule has 0 aliphatic carbocycles. The number of aromatic nitrogens is 3. The molecule has 0 unspecified atom stereocenters. The minimum atomic E-state index is 0.336. The first-order valence-electron chi connectivity index (χ1n) is 5.97. The second-order valence-corrected chi connectivity index (χ2v) is 5.47. The summed E-state index contributed by atoms with van der Waals surface area (Å²) in [4.78, 5) is 11.8. The number of nitrogens with one attached hydrogen (secondary N) is 1. The molecule has 0 saturated heterocycles. The zero-order valence-corrected chi connectivity index (χ0v) is 12.5. The summed E-state index contributed by atoms with van der Waals surface area (Å²) in [5, 5.41) is 10.5. The van der Waals surface area contributed by atoms with Gasteiger partial charge in [-0.2, -0.15) is 5.26 Å². The van der Waals surface area contributed by atoms with Crippen LogP contribution in [-0.4, -0.2) is 22.1 Å². The average molecular weight is 317 g/mol. The minimum Gasteiger partial charge on any atom is -0.497 e. The van der Waals surface area contributed by atoms with Gasteiger partial charge in [0.25, 0.3) is 0 Å². The lowest BCUT2D eigenvalue weighted by molar-refractivity contribution is 0.415. The van der Waals surface area contributed by atoms with E-state index in [1.54, 1.807) is 19.4 Å². The van der Waals surface area contributed by atoms with Crippen molar-refractivity contribution in [1.29, 1.82) is 5.26 Å². The van der Waals surface area contributed by atoms with E-state index in [4.69, 9.17) is 21.6 Å². The SMILES string of the molecule is COc1ccc2nc(Sc3nccc(C#N)c3Cl)[nH]c2c1. The Morgan fingerprint density at radius 2 is 2.24 bits per heavy atom. The van der Waals surface area contributed by atoms with E-state index >= 15 is 0 Å². The van der Waals surface area contributed by atoms with Crippen molar-refractivity contribution in [3.8, 4) is 11.8 Å². The predicted molar refractivity (Wildman–Crippen MR) is 80.7 cm³/mol. The van der Waals surface area contributed by atoms with Crippen LogP contribution < -0.4 is 4.74 Å². The van der Waals surface area contributed by atoms with Gasteiger partial charge in [-0.25, -0.2) is 9.97 Å². The van der Waals surface area contributed by atoms with Gasteiger partial charge < -0.3 is 9.72 Å². The number of ether oxygens (including phenoxy) is 1. The highest BCUT2D eigenvalue weighted by molar-refractivity contribution is 7.99. The van der Waals surface area contributed by atoms with Gasteiger partial charge in [-0.3, -0.25) is 0 Å². The molecule has 0 aliphatic rings. The first-order chi connectivity index (χ1) is 10.2. The lowest BCUT2D eigenvalue weighted by Gasteiger charge is -2.01. The highest BCUT2D eigenvalue weighted by Gasteiger charge is 2.12. The van der Waals surface area contributed by atoms with Gasteiger partial charge in [0, 0.05) is 12.3 Å². The van der Waals surface area contributed by atoms with Crippen molar-refractivity contribution < 1.29 is 4.74 Å². The fraction of sp³-hybridized carbons (Fsp3) is 0.0714. The molecule has 0 aliphatic heterocycles. The van der Waals surface area contributed by atoms with Crippen LogP contribution in [0, 0.1) is 11.3 Å². The second kappa shape index (κ2) is 5.64. The van der Waals surface area contributed by atoms with Crippen molar-refractivity contribution in [2.24, 2.45) is 0 Å². The van der Waals surface area contributed by atoms with Crippen LogP contribution in [0.1, 0.15) is 5.56 Å². The lowest BCUT2D eigenvalue weighted by atomic mass is 10.3. The number of fused-ring (bicyclic) bond motifs is 1. The van der Waals surface area contributed by atoms with Crippen LogP contribution in [0.3, 0.4) is 0 Å². The van der Waals surface area contributed by atoms with Gasteiger partial charge in [0.2, 0.25) is 0 Å². The quantitative estimate of drug-likeness (QED) is 0.798. The van der Waals surface area contributed by atoms with Crippen molar-refractivity contribution in [2.45, 2.75) is 10.2 Å². The van der Waals surface area contributed by atoms with Crippen molar-refractivity contribution in [3.63, 3.8) is 0 Å². The first kappa shape index (κ1) is 13.7. The van der Waals surface area contributed by atoms with Crippen LogP contribution >= 0.6 is 23.4 Å². The second-order valence-electron chi connectivity index (χ2n) is 4.12. The highest BCUT2D eigenvalue weighted by Crippen LogP contribution is 2.33. The van der Waals surface area contributed by atoms with Gasteiger partial charge in [0.1, 0.15) is 16.8 Å². The molecule has 2 heterocycles. The maximum atomic E-state index is 8.97. The number of methoxy groups -OCH3 is 1. The molecule has 104 valence electrons. The number of benzene rings is 1. The van der Waals surface area contributed by atoms with E-state index in [0.717, 1.165) is 16.8 Å². The van der Waals surface area contributed by atoms with Crippen molar-refractivity contribution in [1.82, 2.24) is 15.0 Å². The Morgan fingerprint density at radius 3 is 3.00 bits per heavy atom. The van der Waals surface area contributed by atoms with Crippen LogP contribution in [0.2, 0.25) is 5.02 Å². The molecule has 2 aromatic heterocycles. The summed E-state index contributed by atoms with van der Waals surface area (Å²) in [6.07, 6.45) is 1.55. The Kier molecular flexibility index (Phi) is 3.69. The lowest BCUT2D eigenvalue weighted by Crippen LogP contribution is -1.86. The summed E-state index contributed by atoms with van der Waals surface area (Å²) in [7, 11) is 1.62. The number of pyridine rings is 1. The molecule has 0 radical (unpaired) electrons. The molecule has 0 fully saturated rings. The highest BCUT2D eigenvalue weighted by atomic mass is 35.5. The minimum absolute atomic E-state index is 0.336. The number of imidazole rings is 1. The topological polar surface area (TPSA) is 74.6 Å². The average Bonchev–Trinajstić information content (AvgIpc) is 2.90. The largest absolute Gasteiger partial charge is 0.497 e. The van der Waals surface area contributed by atoms with E-state index in [-0.39, 0.29) is 0 Å². The number of hydrogen-bond acceptors (Lipinski definition) is 5. The standard InChI is InChI=1S/C14H9ClN4OS/c1-20-9-2-3-10-11(6-9)19-14(18-10)21-13-12(15)8(7-16)4-5-17-13/h2-6H,1H3,(H,18,19). The zero-order valence-electron chi connectivity index (χ0n) is 10.9. The van der Waals surface area contributed by atoms with Crippen LogP contribution in [0.15, 0.2) is 40.6 Å². The van der Waals surface area contributed by atoms with E-state index in [1.807, 2.05) is 24.3 Å².